The van der Waals surface area contributed by atoms with Gasteiger partial charge in [-0.2, -0.15) is 13.2 Å². The zero-order chi connectivity index (χ0) is 25.2. The van der Waals surface area contributed by atoms with Crippen molar-refractivity contribution in [3.8, 4) is 10.4 Å². The molecule has 0 aliphatic heterocycles. The highest BCUT2D eigenvalue weighted by atomic mass is 32.1. The summed E-state index contributed by atoms with van der Waals surface area (Å²) < 4.78 is 44.0. The first kappa shape index (κ1) is 25.1. The standard InChI is InChI=1S/C24H25F3N4O3S/c1-3-34-20(32)15-4-7-23(33,8-5-15)21-29-13-18(35-21)16-10-14(2)11-17(12-16)30-22-28-9-6-19(31-22)24(25,26)27/h6,9-13,15,33H,3-5,7-8H2,1-2H3,(H,28,30,31)/t15-,23+. The van der Waals surface area contributed by atoms with Crippen molar-refractivity contribution in [1.82, 2.24) is 15.0 Å². The maximum atomic E-state index is 13.0. The minimum absolute atomic E-state index is 0.158. The molecule has 2 heterocycles. The van der Waals surface area contributed by atoms with Gasteiger partial charge in [0.25, 0.3) is 0 Å². The first-order valence-electron chi connectivity index (χ1n) is 11.2. The summed E-state index contributed by atoms with van der Waals surface area (Å²) in [5.74, 6) is -0.592. The van der Waals surface area contributed by atoms with Crippen LogP contribution >= 0.6 is 11.3 Å². The number of esters is 1. The second-order valence-corrected chi connectivity index (χ2v) is 9.59. The topological polar surface area (TPSA) is 97.2 Å². The van der Waals surface area contributed by atoms with Crippen LogP contribution in [0.2, 0.25) is 0 Å². The minimum Gasteiger partial charge on any atom is -0.466 e. The van der Waals surface area contributed by atoms with E-state index in [1.807, 2.05) is 13.0 Å². The van der Waals surface area contributed by atoms with Gasteiger partial charge in [0.2, 0.25) is 5.95 Å². The van der Waals surface area contributed by atoms with Crippen LogP contribution < -0.4 is 5.32 Å². The van der Waals surface area contributed by atoms with Crippen molar-refractivity contribution < 1.29 is 27.8 Å². The highest BCUT2D eigenvalue weighted by molar-refractivity contribution is 7.15. The number of aryl methyl sites for hydroxylation is 1. The molecule has 0 amide bonds. The van der Waals surface area contributed by atoms with E-state index in [4.69, 9.17) is 4.74 Å². The normalized spacial score (nSPS) is 20.5. The monoisotopic (exact) mass is 506 g/mol. The van der Waals surface area contributed by atoms with Crippen molar-refractivity contribution >= 4 is 28.9 Å². The van der Waals surface area contributed by atoms with Gasteiger partial charge >= 0.3 is 12.1 Å². The maximum Gasteiger partial charge on any atom is 0.433 e. The molecule has 0 radical (unpaired) electrons. The zero-order valence-electron chi connectivity index (χ0n) is 19.2. The van der Waals surface area contributed by atoms with Gasteiger partial charge in [0.1, 0.15) is 16.3 Å². The Morgan fingerprint density at radius 1 is 1.26 bits per heavy atom. The molecule has 1 fully saturated rings. The van der Waals surface area contributed by atoms with Gasteiger partial charge in [-0.05, 0) is 68.9 Å². The number of nitrogens with one attached hydrogen (secondary N) is 1. The Kier molecular flexibility index (Phi) is 7.09. The molecule has 0 bridgehead atoms. The van der Waals surface area contributed by atoms with Gasteiger partial charge in [-0.25, -0.2) is 15.0 Å². The van der Waals surface area contributed by atoms with E-state index in [2.05, 4.69) is 20.3 Å². The molecule has 1 saturated carbocycles. The van der Waals surface area contributed by atoms with E-state index in [1.54, 1.807) is 25.3 Å². The van der Waals surface area contributed by atoms with Crippen molar-refractivity contribution in [1.29, 1.82) is 0 Å². The van der Waals surface area contributed by atoms with Gasteiger partial charge in [-0.1, -0.05) is 6.07 Å². The molecule has 1 aliphatic carbocycles. The Bertz CT molecular complexity index is 1210. The third-order valence-corrected chi connectivity index (χ3v) is 7.14. The van der Waals surface area contributed by atoms with Gasteiger partial charge in [-0.3, -0.25) is 4.79 Å². The minimum atomic E-state index is -4.56. The van der Waals surface area contributed by atoms with Gasteiger partial charge in [0, 0.05) is 18.1 Å². The number of aromatic nitrogens is 3. The molecule has 1 aromatic carbocycles. The van der Waals surface area contributed by atoms with Crippen LogP contribution in [0.5, 0.6) is 0 Å². The van der Waals surface area contributed by atoms with E-state index >= 15 is 0 Å². The Labute approximate surface area is 204 Å². The Morgan fingerprint density at radius 2 is 2.00 bits per heavy atom. The van der Waals surface area contributed by atoms with Crippen LogP contribution in [-0.4, -0.2) is 32.6 Å². The van der Waals surface area contributed by atoms with Crippen LogP contribution in [0, 0.1) is 12.8 Å². The highest BCUT2D eigenvalue weighted by Crippen LogP contribution is 2.43. The number of aliphatic hydroxyl groups is 1. The second kappa shape index (κ2) is 9.90. The number of halogens is 3. The van der Waals surface area contributed by atoms with Crippen molar-refractivity contribution in [3.05, 3.63) is 52.9 Å². The average molecular weight is 507 g/mol. The van der Waals surface area contributed by atoms with Crippen molar-refractivity contribution in [2.24, 2.45) is 5.92 Å². The van der Waals surface area contributed by atoms with Gasteiger partial charge < -0.3 is 15.2 Å². The number of nitrogens with zero attached hydrogens (tertiary/aromatic N) is 3. The smallest absolute Gasteiger partial charge is 0.433 e. The molecule has 2 aromatic heterocycles. The molecule has 11 heteroatoms. The highest BCUT2D eigenvalue weighted by Gasteiger charge is 2.40. The summed E-state index contributed by atoms with van der Waals surface area (Å²) in [7, 11) is 0. The molecule has 3 aromatic rings. The van der Waals surface area contributed by atoms with Crippen molar-refractivity contribution in [2.75, 3.05) is 11.9 Å². The Hall–Kier alpha value is -3.05. The van der Waals surface area contributed by atoms with Gasteiger partial charge in [-0.15, -0.1) is 11.3 Å². The number of benzene rings is 1. The summed E-state index contributed by atoms with van der Waals surface area (Å²) in [6, 6.07) is 6.29. The maximum absolute atomic E-state index is 13.0. The summed E-state index contributed by atoms with van der Waals surface area (Å²) >= 11 is 1.36. The predicted octanol–water partition coefficient (Wildman–Crippen LogP) is 5.61. The number of ether oxygens (including phenoxy) is 1. The summed E-state index contributed by atoms with van der Waals surface area (Å²) in [5.41, 5.74) is 0.0688. The lowest BCUT2D eigenvalue weighted by molar-refractivity contribution is -0.151. The number of rotatable bonds is 6. The molecule has 2 N–H and O–H groups in total. The fourth-order valence-corrected chi connectivity index (χ4v) is 5.18. The first-order valence-corrected chi connectivity index (χ1v) is 12.0. The number of thiazole rings is 1. The Morgan fingerprint density at radius 3 is 2.69 bits per heavy atom. The third kappa shape index (κ3) is 5.79. The lowest BCUT2D eigenvalue weighted by atomic mass is 9.79. The van der Waals surface area contributed by atoms with E-state index in [1.165, 1.54) is 11.3 Å². The largest absolute Gasteiger partial charge is 0.466 e. The van der Waals surface area contributed by atoms with Crippen LogP contribution in [0.3, 0.4) is 0 Å². The molecule has 0 spiro atoms. The van der Waals surface area contributed by atoms with Crippen LogP contribution in [-0.2, 0) is 21.3 Å². The fraction of sp³-hybridized carbons (Fsp3) is 0.417. The molecular weight excluding hydrogens is 481 g/mol. The quantitative estimate of drug-likeness (QED) is 0.419. The number of carbonyl (C=O) groups is 1. The molecule has 1 aliphatic rings. The molecule has 35 heavy (non-hydrogen) atoms. The van der Waals surface area contributed by atoms with E-state index in [-0.39, 0.29) is 17.8 Å². The molecule has 0 atom stereocenters. The molecule has 0 saturated heterocycles. The summed E-state index contributed by atoms with van der Waals surface area (Å²) in [4.78, 5) is 24.7. The Balaban J connectivity index is 1.51. The number of hydrogen-bond acceptors (Lipinski definition) is 8. The lowest BCUT2D eigenvalue weighted by Gasteiger charge is -2.33. The number of carbonyl (C=O) groups excluding carboxylic acids is 1. The van der Waals surface area contributed by atoms with E-state index in [9.17, 15) is 23.1 Å². The van der Waals surface area contributed by atoms with Gasteiger partial charge in [0.05, 0.1) is 17.4 Å². The van der Waals surface area contributed by atoms with Crippen LogP contribution in [0.25, 0.3) is 10.4 Å². The van der Waals surface area contributed by atoms with E-state index < -0.39 is 17.5 Å². The van der Waals surface area contributed by atoms with Crippen LogP contribution in [0.1, 0.15) is 48.9 Å². The average Bonchev–Trinajstić information content (AvgIpc) is 3.30. The van der Waals surface area contributed by atoms with Crippen molar-refractivity contribution in [3.63, 3.8) is 0 Å². The van der Waals surface area contributed by atoms with Crippen LogP contribution in [0.15, 0.2) is 36.7 Å². The molecule has 0 unspecified atom stereocenters. The number of hydrogen-bond donors (Lipinski definition) is 2. The zero-order valence-corrected chi connectivity index (χ0v) is 20.0. The summed E-state index contributed by atoms with van der Waals surface area (Å²) in [6.07, 6.45) is 0.0513. The molecular formula is C24H25F3N4O3S. The fourth-order valence-electron chi connectivity index (χ4n) is 4.13. The number of alkyl halides is 3. The van der Waals surface area contributed by atoms with Crippen LogP contribution in [0.4, 0.5) is 24.8 Å². The predicted molar refractivity (Wildman–Crippen MR) is 125 cm³/mol. The first-order chi connectivity index (χ1) is 16.6. The second-order valence-electron chi connectivity index (χ2n) is 8.56. The van der Waals surface area contributed by atoms with E-state index in [0.717, 1.165) is 28.3 Å². The summed E-state index contributed by atoms with van der Waals surface area (Å²) in [6.45, 7) is 3.98. The van der Waals surface area contributed by atoms with Crippen molar-refractivity contribution in [2.45, 2.75) is 51.3 Å². The molecule has 7 nitrogen and oxygen atoms in total. The SMILES string of the molecule is CCOC(=O)[C@H]1CC[C@](O)(c2ncc(-c3cc(C)cc(Nc4nccc(C(F)(F)F)n4)c3)s2)CC1. The third-order valence-electron chi connectivity index (χ3n) is 5.90. The summed E-state index contributed by atoms with van der Waals surface area (Å²) in [5, 5.41) is 14.6. The lowest BCUT2D eigenvalue weighted by Crippen LogP contribution is -2.34. The van der Waals surface area contributed by atoms with Gasteiger partial charge in [0.15, 0.2) is 0 Å². The number of anilines is 2. The molecule has 4 rings (SSSR count). The van der Waals surface area contributed by atoms with E-state index in [0.29, 0.717) is 43.0 Å². The molecule has 186 valence electrons.